The zero-order chi connectivity index (χ0) is 37.4. The number of sulfonamides is 1. The van der Waals surface area contributed by atoms with Gasteiger partial charge in [-0.3, -0.25) is 0 Å². The standard InChI is InChI=1S/C7H9NO2S.2C6H6O.9C2H5.CN.3Sn/c1-6-2-4-7(5-3-6)11(8,9)10;2*7-6-4-2-1-3-5-6;10*1-2;;;/h2-5H,1H3,(H2,8,9,10);2*1-5,7H;9*1H2,2H3;;;;/q;;;;;;;;;;;;;;2*+1/p-2. The van der Waals surface area contributed by atoms with Gasteiger partial charge in [-0.2, -0.15) is 0 Å². The fourth-order valence-corrected chi connectivity index (χ4v) is 18.8. The summed E-state index contributed by atoms with van der Waals surface area (Å²) in [4.78, 5) is 0.156. The molecule has 0 bridgehead atoms. The van der Waals surface area contributed by atoms with E-state index in [0.29, 0.717) is 0 Å². The maximum absolute atomic E-state index is 10.7. The van der Waals surface area contributed by atoms with Crippen molar-refractivity contribution < 1.29 is 18.6 Å². The van der Waals surface area contributed by atoms with Crippen molar-refractivity contribution in [3.05, 3.63) is 90.5 Å². The molecule has 0 atom stereocenters. The Balaban J connectivity index is -0.000000511. The number of nitrogens with zero attached hydrogens (tertiary/aromatic N) is 1. The number of aryl methyl sites for hydroxylation is 1. The third kappa shape index (κ3) is 28.9. The summed E-state index contributed by atoms with van der Waals surface area (Å²) in [6.45, 7) is 22.5. The molecule has 0 amide bonds. The van der Waals surface area contributed by atoms with E-state index in [2.05, 4.69) is 66.4 Å². The Morgan fingerprint density at radius 2 is 0.896 bits per heavy atom. The second-order valence-corrected chi connectivity index (χ2v) is 47.3. The fourth-order valence-electron chi connectivity index (χ4n) is 4.06. The summed E-state index contributed by atoms with van der Waals surface area (Å²) in [5.41, 5.74) is 1.01. The van der Waals surface area contributed by atoms with E-state index >= 15 is 0 Å². The summed E-state index contributed by atoms with van der Waals surface area (Å²) in [7, 11) is -3.52. The molecular formula is C38H64N2O4SSn3. The minimum absolute atomic E-state index is 0.0718. The number of nitriles is 1. The fraction of sp³-hybridized carbons (Fsp3) is 0.500. The van der Waals surface area contributed by atoms with Crippen molar-refractivity contribution >= 4 is 67.9 Å². The second-order valence-electron chi connectivity index (χ2n) is 11.1. The SMILES string of the molecule is C[CH2][Sn+]([CH2]C)[CH2]C.C[CH2][Sn+]([CH2]C)[CH2]C.C[CH2][Sn]([C]#N)([CH2]C)[CH2]C.Cc1ccc(S(N)(=O)=O)cc1.[O-]c1ccccc1.[O-]c1ccccc1. The summed E-state index contributed by atoms with van der Waals surface area (Å²) in [6, 6.07) is 23.0. The van der Waals surface area contributed by atoms with Crippen LogP contribution in [-0.2, 0) is 10.0 Å². The van der Waals surface area contributed by atoms with Crippen LogP contribution in [0.1, 0.15) is 67.9 Å². The first-order chi connectivity index (χ1) is 22.7. The average molecular weight is 1000 g/mol. The van der Waals surface area contributed by atoms with E-state index in [1.807, 2.05) is 19.1 Å². The molecule has 0 aliphatic heterocycles. The summed E-state index contributed by atoms with van der Waals surface area (Å²) in [6.07, 6.45) is 0. The van der Waals surface area contributed by atoms with Crippen LogP contribution >= 0.6 is 0 Å². The van der Waals surface area contributed by atoms with Crippen molar-refractivity contribution in [1.29, 1.82) is 5.26 Å². The third-order valence-corrected chi connectivity index (χ3v) is 39.1. The maximum Gasteiger partial charge on any atom is 0.238 e. The van der Waals surface area contributed by atoms with Crippen molar-refractivity contribution in [2.75, 3.05) is 0 Å². The van der Waals surface area contributed by atoms with E-state index in [9.17, 15) is 18.6 Å². The summed E-state index contributed by atoms with van der Waals surface area (Å²) in [5, 5.41) is 34.2. The number of primary sulfonamides is 1. The first-order valence-electron chi connectivity index (χ1n) is 17.3. The average Bonchev–Trinajstić information content (AvgIpc) is 3.10. The topological polar surface area (TPSA) is 130 Å². The van der Waals surface area contributed by atoms with Crippen molar-refractivity contribution in [1.82, 2.24) is 0 Å². The van der Waals surface area contributed by atoms with Crippen LogP contribution in [0.2, 0.25) is 39.9 Å². The number of benzene rings is 3. The molecule has 0 saturated carbocycles. The van der Waals surface area contributed by atoms with Crippen molar-refractivity contribution in [3.63, 3.8) is 0 Å². The van der Waals surface area contributed by atoms with Crippen LogP contribution in [0.3, 0.4) is 0 Å². The van der Waals surface area contributed by atoms with Crippen LogP contribution in [0.15, 0.2) is 89.8 Å². The molecule has 0 spiro atoms. The van der Waals surface area contributed by atoms with Crippen molar-refractivity contribution in [3.8, 4) is 15.6 Å². The van der Waals surface area contributed by atoms with Crippen molar-refractivity contribution in [2.24, 2.45) is 5.14 Å². The quantitative estimate of drug-likeness (QED) is 0.202. The van der Waals surface area contributed by atoms with E-state index in [-0.39, 0.29) is 16.4 Å². The predicted octanol–water partition coefficient (Wildman–Crippen LogP) is 9.80. The Hall–Kier alpha value is -0.944. The van der Waals surface area contributed by atoms with Gasteiger partial charge in [-0.05, 0) is 19.1 Å². The minimum atomic E-state index is -3.52. The normalized spacial score (nSPS) is 9.79. The Morgan fingerprint density at radius 3 is 1.02 bits per heavy atom. The van der Waals surface area contributed by atoms with Gasteiger partial charge in [-0.15, -0.1) is 11.5 Å². The number of hydrogen-bond acceptors (Lipinski definition) is 5. The molecule has 2 N–H and O–H groups in total. The number of nitrogens with two attached hydrogens (primary N) is 1. The molecule has 6 nitrogen and oxygen atoms in total. The number of hydrogen-bond donors (Lipinski definition) is 1. The zero-order valence-corrected chi connectivity index (χ0v) is 40.9. The minimum Gasteiger partial charge on any atom is -0.872 e. The Bertz CT molecular complexity index is 1190. The smallest absolute Gasteiger partial charge is 0.238 e. The molecule has 0 heterocycles. The predicted molar refractivity (Wildman–Crippen MR) is 212 cm³/mol. The molecule has 3 rings (SSSR count). The molecular weight excluding hydrogens is 937 g/mol. The molecule has 0 aromatic heterocycles. The third-order valence-electron chi connectivity index (χ3n) is 8.10. The van der Waals surface area contributed by atoms with Gasteiger partial charge in [0.1, 0.15) is 0 Å². The number of para-hydroxylation sites is 2. The van der Waals surface area contributed by atoms with Gasteiger partial charge in [0.2, 0.25) is 10.0 Å². The molecule has 0 aliphatic carbocycles. The van der Waals surface area contributed by atoms with Gasteiger partial charge >= 0.3 is 169 Å². The Kier molecular flexibility index (Phi) is 35.6. The van der Waals surface area contributed by atoms with Gasteiger partial charge in [0, 0.05) is 0 Å². The molecule has 0 aliphatic rings. The Labute approximate surface area is 314 Å². The van der Waals surface area contributed by atoms with Gasteiger partial charge in [0.15, 0.2) is 0 Å². The molecule has 48 heavy (non-hydrogen) atoms. The summed E-state index contributed by atoms with van der Waals surface area (Å²) < 4.78 is 36.9. The van der Waals surface area contributed by atoms with Gasteiger partial charge in [0.25, 0.3) is 0 Å². The van der Waals surface area contributed by atoms with Crippen LogP contribution in [0.4, 0.5) is 0 Å². The molecule has 0 fully saturated rings. The van der Waals surface area contributed by atoms with Gasteiger partial charge < -0.3 is 10.2 Å². The summed E-state index contributed by atoms with van der Waals surface area (Å²) >= 11 is -3.39. The monoisotopic (exact) mass is 1000 g/mol. The molecule has 0 unspecified atom stereocenters. The van der Waals surface area contributed by atoms with E-state index in [1.165, 1.54) is 49.7 Å². The van der Waals surface area contributed by atoms with Crippen LogP contribution in [-0.4, -0.2) is 66.3 Å². The Morgan fingerprint density at radius 1 is 0.604 bits per heavy atom. The van der Waals surface area contributed by atoms with Gasteiger partial charge in [-0.25, -0.2) is 13.6 Å². The molecule has 0 radical (unpaired) electrons. The van der Waals surface area contributed by atoms with Crippen LogP contribution in [0.25, 0.3) is 0 Å². The number of rotatable bonds is 10. The molecule has 10 heteroatoms. The van der Waals surface area contributed by atoms with E-state index in [4.69, 9.17) is 10.4 Å². The molecule has 3 aromatic rings. The van der Waals surface area contributed by atoms with Crippen LogP contribution in [0, 0.1) is 16.3 Å². The molecule has 268 valence electrons. The largest absolute Gasteiger partial charge is 0.872 e. The second kappa shape index (κ2) is 33.2. The first-order valence-corrected chi connectivity index (χ1v) is 38.5. The summed E-state index contributed by atoms with van der Waals surface area (Å²) in [5.74, 6) is 0.144. The van der Waals surface area contributed by atoms with Crippen molar-refractivity contribution in [2.45, 2.75) is 114 Å². The zero-order valence-electron chi connectivity index (χ0n) is 31.5. The first kappa shape index (κ1) is 51.4. The van der Waals surface area contributed by atoms with Gasteiger partial charge in [-0.1, -0.05) is 78.4 Å². The van der Waals surface area contributed by atoms with Gasteiger partial charge in [0.05, 0.1) is 4.90 Å². The van der Waals surface area contributed by atoms with E-state index < -0.39 is 67.9 Å². The maximum atomic E-state index is 10.7. The van der Waals surface area contributed by atoms with Crippen LogP contribution in [0.5, 0.6) is 11.5 Å². The molecule has 3 aromatic carbocycles. The van der Waals surface area contributed by atoms with E-state index in [1.54, 1.807) is 63.0 Å². The van der Waals surface area contributed by atoms with Crippen LogP contribution < -0.4 is 15.4 Å². The molecule has 0 saturated heterocycles. The van der Waals surface area contributed by atoms with E-state index in [0.717, 1.165) is 5.56 Å².